The lowest BCUT2D eigenvalue weighted by atomic mass is 10.2. The van der Waals surface area contributed by atoms with Crippen molar-refractivity contribution in [2.75, 3.05) is 27.8 Å². The largest absolute Gasteiger partial charge is 0.464 e. The van der Waals surface area contributed by atoms with Crippen LogP contribution in [0.25, 0.3) is 0 Å². The van der Waals surface area contributed by atoms with Gasteiger partial charge in [0, 0.05) is 14.2 Å². The second-order valence-electron chi connectivity index (χ2n) is 3.05. The predicted octanol–water partition coefficient (Wildman–Crippen LogP) is 1.96. The summed E-state index contributed by atoms with van der Waals surface area (Å²) in [7, 11) is 3.15. The smallest absolute Gasteiger partial charge is 0.188 e. The van der Waals surface area contributed by atoms with Crippen molar-refractivity contribution in [1.82, 2.24) is 0 Å². The Kier molecular flexibility index (Phi) is 4.93. The third-order valence-electron chi connectivity index (χ3n) is 1.76. The molecule has 1 rings (SSSR count). The summed E-state index contributed by atoms with van der Waals surface area (Å²) < 4.78 is 20.4. The quantitative estimate of drug-likeness (QED) is 0.675. The van der Waals surface area contributed by atoms with Crippen molar-refractivity contribution in [3.63, 3.8) is 0 Å². The first kappa shape index (κ1) is 11.8. The number of hydrogen-bond acceptors (Lipinski definition) is 4. The maximum atomic E-state index is 5.36. The Balaban J connectivity index is 2.73. The van der Waals surface area contributed by atoms with Crippen LogP contribution in [0.1, 0.15) is 5.56 Å². The van der Waals surface area contributed by atoms with Crippen molar-refractivity contribution in [3.05, 3.63) is 23.8 Å². The standard InChI is InChI=1S/C11H16O4/c1-9-4-5-10(14-7-12-2)11(6-9)15-8-13-3/h4-6H,7-8H2,1-3H3. The Morgan fingerprint density at radius 2 is 1.53 bits per heavy atom. The normalized spacial score (nSPS) is 10.1. The summed E-state index contributed by atoms with van der Waals surface area (Å²) in [4.78, 5) is 0. The van der Waals surface area contributed by atoms with Crippen molar-refractivity contribution >= 4 is 0 Å². The average Bonchev–Trinajstić information content (AvgIpc) is 2.25. The molecule has 0 unspecified atom stereocenters. The summed E-state index contributed by atoms with van der Waals surface area (Å²) in [5.41, 5.74) is 1.10. The van der Waals surface area contributed by atoms with Gasteiger partial charge in [0.25, 0.3) is 0 Å². The van der Waals surface area contributed by atoms with E-state index in [4.69, 9.17) is 18.9 Å². The number of aryl methyl sites for hydroxylation is 1. The van der Waals surface area contributed by atoms with Gasteiger partial charge in [-0.05, 0) is 24.6 Å². The van der Waals surface area contributed by atoms with Crippen LogP contribution in [-0.4, -0.2) is 27.8 Å². The van der Waals surface area contributed by atoms with Crippen LogP contribution in [0.15, 0.2) is 18.2 Å². The Labute approximate surface area is 89.7 Å². The van der Waals surface area contributed by atoms with E-state index < -0.39 is 0 Å². The first-order chi connectivity index (χ1) is 7.27. The number of hydrogen-bond donors (Lipinski definition) is 0. The Morgan fingerprint density at radius 1 is 0.933 bits per heavy atom. The van der Waals surface area contributed by atoms with Gasteiger partial charge < -0.3 is 18.9 Å². The van der Waals surface area contributed by atoms with Gasteiger partial charge in [-0.1, -0.05) is 6.07 Å². The van der Waals surface area contributed by atoms with Crippen LogP contribution in [0.4, 0.5) is 0 Å². The third kappa shape index (κ3) is 3.77. The van der Waals surface area contributed by atoms with Gasteiger partial charge in [0.2, 0.25) is 0 Å². The molecule has 0 saturated heterocycles. The monoisotopic (exact) mass is 212 g/mol. The fourth-order valence-corrected chi connectivity index (χ4v) is 1.09. The van der Waals surface area contributed by atoms with Crippen molar-refractivity contribution < 1.29 is 18.9 Å². The van der Waals surface area contributed by atoms with E-state index in [1.165, 1.54) is 0 Å². The SMILES string of the molecule is COCOc1ccc(C)cc1OCOC. The van der Waals surface area contributed by atoms with Crippen molar-refractivity contribution in [2.45, 2.75) is 6.92 Å². The zero-order chi connectivity index (χ0) is 11.1. The molecule has 0 bridgehead atoms. The first-order valence-electron chi connectivity index (χ1n) is 4.62. The van der Waals surface area contributed by atoms with Gasteiger partial charge >= 0.3 is 0 Å². The minimum atomic E-state index is 0.201. The molecule has 0 amide bonds. The summed E-state index contributed by atoms with van der Waals surface area (Å²) in [5, 5.41) is 0. The van der Waals surface area contributed by atoms with Gasteiger partial charge in [0.05, 0.1) is 0 Å². The first-order valence-corrected chi connectivity index (χ1v) is 4.62. The van der Waals surface area contributed by atoms with Crippen LogP contribution in [0, 0.1) is 6.92 Å². The van der Waals surface area contributed by atoms with Crippen LogP contribution in [-0.2, 0) is 9.47 Å². The van der Waals surface area contributed by atoms with Gasteiger partial charge in [0.1, 0.15) is 0 Å². The number of methoxy groups -OCH3 is 2. The molecule has 0 N–H and O–H groups in total. The molecule has 4 heteroatoms. The molecule has 1 aromatic rings. The molecule has 0 aliphatic carbocycles. The third-order valence-corrected chi connectivity index (χ3v) is 1.76. The lowest BCUT2D eigenvalue weighted by molar-refractivity contribution is 0.0322. The second kappa shape index (κ2) is 6.27. The van der Waals surface area contributed by atoms with Crippen LogP contribution >= 0.6 is 0 Å². The molecule has 0 spiro atoms. The van der Waals surface area contributed by atoms with Gasteiger partial charge in [-0.3, -0.25) is 0 Å². The number of ether oxygens (including phenoxy) is 4. The zero-order valence-corrected chi connectivity index (χ0v) is 9.28. The van der Waals surface area contributed by atoms with E-state index in [9.17, 15) is 0 Å². The molecule has 0 aromatic heterocycles. The summed E-state index contributed by atoms with van der Waals surface area (Å²) in [6.07, 6.45) is 0. The van der Waals surface area contributed by atoms with E-state index in [2.05, 4.69) is 0 Å². The second-order valence-corrected chi connectivity index (χ2v) is 3.05. The van der Waals surface area contributed by atoms with E-state index in [0.717, 1.165) is 5.56 Å². The van der Waals surface area contributed by atoms with E-state index in [1.54, 1.807) is 14.2 Å². The van der Waals surface area contributed by atoms with E-state index in [-0.39, 0.29) is 13.6 Å². The molecule has 1 aromatic carbocycles. The summed E-state index contributed by atoms with van der Waals surface area (Å²) in [6, 6.07) is 5.69. The Hall–Kier alpha value is -1.26. The highest BCUT2D eigenvalue weighted by molar-refractivity contribution is 5.42. The molecule has 84 valence electrons. The minimum absolute atomic E-state index is 0.201. The maximum Gasteiger partial charge on any atom is 0.188 e. The number of rotatable bonds is 6. The van der Waals surface area contributed by atoms with Crippen molar-refractivity contribution in [2.24, 2.45) is 0 Å². The average molecular weight is 212 g/mol. The molecule has 4 nitrogen and oxygen atoms in total. The van der Waals surface area contributed by atoms with E-state index in [0.29, 0.717) is 11.5 Å². The van der Waals surface area contributed by atoms with Gasteiger partial charge in [0.15, 0.2) is 25.1 Å². The van der Waals surface area contributed by atoms with Crippen LogP contribution in [0.2, 0.25) is 0 Å². The van der Waals surface area contributed by atoms with E-state index >= 15 is 0 Å². The predicted molar refractivity (Wildman–Crippen MR) is 56.2 cm³/mol. The molecule has 0 saturated carbocycles. The molecular weight excluding hydrogens is 196 g/mol. The lowest BCUT2D eigenvalue weighted by Gasteiger charge is -2.12. The topological polar surface area (TPSA) is 36.9 Å². The summed E-state index contributed by atoms with van der Waals surface area (Å²) in [6.45, 7) is 2.39. The van der Waals surface area contributed by atoms with Gasteiger partial charge in [-0.2, -0.15) is 0 Å². The highest BCUT2D eigenvalue weighted by Gasteiger charge is 2.04. The zero-order valence-electron chi connectivity index (χ0n) is 9.28. The highest BCUT2D eigenvalue weighted by Crippen LogP contribution is 2.28. The maximum absolute atomic E-state index is 5.36. The minimum Gasteiger partial charge on any atom is -0.464 e. The summed E-state index contributed by atoms with van der Waals surface area (Å²) >= 11 is 0. The van der Waals surface area contributed by atoms with E-state index in [1.807, 2.05) is 25.1 Å². The molecular formula is C11H16O4. The molecule has 0 heterocycles. The lowest BCUT2D eigenvalue weighted by Crippen LogP contribution is -2.04. The Morgan fingerprint density at radius 3 is 2.13 bits per heavy atom. The van der Waals surface area contributed by atoms with Crippen LogP contribution in [0.3, 0.4) is 0 Å². The van der Waals surface area contributed by atoms with Crippen molar-refractivity contribution in [3.8, 4) is 11.5 Å². The molecule has 0 fully saturated rings. The van der Waals surface area contributed by atoms with Crippen molar-refractivity contribution in [1.29, 1.82) is 0 Å². The molecule has 15 heavy (non-hydrogen) atoms. The number of benzene rings is 1. The molecule has 0 aliphatic rings. The fraction of sp³-hybridized carbons (Fsp3) is 0.455. The van der Waals surface area contributed by atoms with Gasteiger partial charge in [-0.25, -0.2) is 0 Å². The van der Waals surface area contributed by atoms with Crippen LogP contribution < -0.4 is 9.47 Å². The highest BCUT2D eigenvalue weighted by atomic mass is 16.7. The molecule has 0 radical (unpaired) electrons. The molecule has 0 aliphatic heterocycles. The summed E-state index contributed by atoms with van der Waals surface area (Å²) in [5.74, 6) is 1.31. The van der Waals surface area contributed by atoms with Crippen LogP contribution in [0.5, 0.6) is 11.5 Å². The fourth-order valence-electron chi connectivity index (χ4n) is 1.09. The Bertz CT molecular complexity index is 299. The van der Waals surface area contributed by atoms with Gasteiger partial charge in [-0.15, -0.1) is 0 Å². The molecule has 0 atom stereocenters.